The maximum Gasteiger partial charge on any atom is 0.338 e. The quantitative estimate of drug-likeness (QED) is 0.882. The molecule has 1 unspecified atom stereocenters. The zero-order valence-corrected chi connectivity index (χ0v) is 13.1. The van der Waals surface area contributed by atoms with Crippen LogP contribution >= 0.6 is 0 Å². The summed E-state index contributed by atoms with van der Waals surface area (Å²) in [6.45, 7) is 5.36. The van der Waals surface area contributed by atoms with Crippen LogP contribution < -0.4 is 5.32 Å². The number of hydrogen-bond donors (Lipinski definition) is 1. The first kappa shape index (κ1) is 15.2. The standard InChI is InChI=1S/C16H17FN4O2/c1-9(2)23-15(22)13-10(3)20-16-18-8-19-21(16)14(13)11-4-6-12(17)7-5-11/h4-9,14H,1-3H3,(H,18,19,20). The number of fused-ring (bicyclic) bond motifs is 1. The van der Waals surface area contributed by atoms with Crippen LogP contribution in [0, 0.1) is 5.82 Å². The van der Waals surface area contributed by atoms with Crippen molar-refractivity contribution in [2.75, 3.05) is 5.32 Å². The molecule has 0 bridgehead atoms. The van der Waals surface area contributed by atoms with Gasteiger partial charge in [-0.05, 0) is 38.5 Å². The van der Waals surface area contributed by atoms with E-state index in [-0.39, 0.29) is 11.9 Å². The first-order valence-corrected chi connectivity index (χ1v) is 7.31. The van der Waals surface area contributed by atoms with Gasteiger partial charge < -0.3 is 10.1 Å². The van der Waals surface area contributed by atoms with Crippen LogP contribution in [0.5, 0.6) is 0 Å². The molecule has 0 aliphatic carbocycles. The summed E-state index contributed by atoms with van der Waals surface area (Å²) < 4.78 is 20.2. The van der Waals surface area contributed by atoms with Crippen LogP contribution in [0.15, 0.2) is 41.9 Å². The molecule has 1 aromatic carbocycles. The van der Waals surface area contributed by atoms with Gasteiger partial charge in [0, 0.05) is 5.70 Å². The first-order chi connectivity index (χ1) is 11.0. The number of anilines is 1. The number of carbonyl (C=O) groups excluding carboxylic acids is 1. The minimum atomic E-state index is -0.513. The van der Waals surface area contributed by atoms with Crippen molar-refractivity contribution in [2.45, 2.75) is 32.9 Å². The van der Waals surface area contributed by atoms with Gasteiger partial charge in [0.25, 0.3) is 0 Å². The molecule has 1 N–H and O–H groups in total. The van der Waals surface area contributed by atoms with Gasteiger partial charge in [0.15, 0.2) is 0 Å². The molecule has 2 heterocycles. The van der Waals surface area contributed by atoms with E-state index in [9.17, 15) is 9.18 Å². The van der Waals surface area contributed by atoms with E-state index in [1.807, 2.05) is 0 Å². The van der Waals surface area contributed by atoms with Crippen LogP contribution in [0.4, 0.5) is 10.3 Å². The van der Waals surface area contributed by atoms with E-state index in [0.29, 0.717) is 17.2 Å². The number of ether oxygens (including phenoxy) is 1. The highest BCUT2D eigenvalue weighted by Crippen LogP contribution is 2.35. The van der Waals surface area contributed by atoms with Crippen LogP contribution in [0.25, 0.3) is 0 Å². The average Bonchev–Trinajstić information content (AvgIpc) is 2.93. The third-order valence-corrected chi connectivity index (χ3v) is 3.54. The number of carbonyl (C=O) groups is 1. The highest BCUT2D eigenvalue weighted by molar-refractivity contribution is 5.92. The summed E-state index contributed by atoms with van der Waals surface area (Å²) in [4.78, 5) is 16.7. The monoisotopic (exact) mass is 316 g/mol. The van der Waals surface area contributed by atoms with Gasteiger partial charge in [-0.15, -0.1) is 0 Å². The van der Waals surface area contributed by atoms with E-state index in [1.165, 1.54) is 18.5 Å². The summed E-state index contributed by atoms with van der Waals surface area (Å²) in [5, 5.41) is 7.24. The van der Waals surface area contributed by atoms with E-state index in [4.69, 9.17) is 4.74 Å². The lowest BCUT2D eigenvalue weighted by molar-refractivity contribution is -0.143. The smallest absolute Gasteiger partial charge is 0.338 e. The largest absolute Gasteiger partial charge is 0.459 e. The van der Waals surface area contributed by atoms with Crippen LogP contribution in [-0.2, 0) is 9.53 Å². The molecule has 120 valence electrons. The number of halogens is 1. The van der Waals surface area contributed by atoms with Gasteiger partial charge in [-0.1, -0.05) is 12.1 Å². The predicted molar refractivity (Wildman–Crippen MR) is 82.1 cm³/mol. The molecule has 0 radical (unpaired) electrons. The topological polar surface area (TPSA) is 69.0 Å². The Morgan fingerprint density at radius 3 is 2.70 bits per heavy atom. The fourth-order valence-electron chi connectivity index (χ4n) is 2.59. The molecule has 1 aliphatic rings. The van der Waals surface area contributed by atoms with Gasteiger partial charge >= 0.3 is 5.97 Å². The Morgan fingerprint density at radius 2 is 2.04 bits per heavy atom. The second kappa shape index (κ2) is 5.83. The van der Waals surface area contributed by atoms with Gasteiger partial charge in [0.05, 0.1) is 11.7 Å². The third-order valence-electron chi connectivity index (χ3n) is 3.54. The molecule has 1 aromatic heterocycles. The SMILES string of the molecule is CC1=C(C(=O)OC(C)C)C(c2ccc(F)cc2)n2ncnc2N1. The third kappa shape index (κ3) is 2.81. The lowest BCUT2D eigenvalue weighted by Gasteiger charge is -2.28. The van der Waals surface area contributed by atoms with Gasteiger partial charge in [-0.25, -0.2) is 13.9 Å². The molecular weight excluding hydrogens is 299 g/mol. The molecule has 0 amide bonds. The Kier molecular flexibility index (Phi) is 3.85. The van der Waals surface area contributed by atoms with Crippen molar-refractivity contribution >= 4 is 11.9 Å². The normalized spacial score (nSPS) is 17.0. The van der Waals surface area contributed by atoms with Crippen molar-refractivity contribution in [1.82, 2.24) is 14.8 Å². The zero-order valence-electron chi connectivity index (χ0n) is 13.1. The minimum Gasteiger partial charge on any atom is -0.459 e. The van der Waals surface area contributed by atoms with Gasteiger partial charge in [0.2, 0.25) is 5.95 Å². The second-order valence-electron chi connectivity index (χ2n) is 5.60. The van der Waals surface area contributed by atoms with Crippen LogP contribution in [-0.4, -0.2) is 26.8 Å². The Hall–Kier alpha value is -2.70. The predicted octanol–water partition coefficient (Wildman–Crippen LogP) is 2.66. The summed E-state index contributed by atoms with van der Waals surface area (Å²) in [7, 11) is 0. The van der Waals surface area contributed by atoms with Crippen LogP contribution in [0.1, 0.15) is 32.4 Å². The van der Waals surface area contributed by atoms with Crippen molar-refractivity contribution in [3.8, 4) is 0 Å². The van der Waals surface area contributed by atoms with E-state index >= 15 is 0 Å². The molecule has 23 heavy (non-hydrogen) atoms. The Labute approximate surface area is 133 Å². The van der Waals surface area contributed by atoms with Crippen LogP contribution in [0.2, 0.25) is 0 Å². The second-order valence-corrected chi connectivity index (χ2v) is 5.60. The van der Waals surface area contributed by atoms with Crippen molar-refractivity contribution in [1.29, 1.82) is 0 Å². The first-order valence-electron chi connectivity index (χ1n) is 7.31. The summed E-state index contributed by atoms with van der Waals surface area (Å²) in [6.07, 6.45) is 1.16. The molecular formula is C16H17FN4O2. The molecule has 3 rings (SSSR count). The number of nitrogens with one attached hydrogen (secondary N) is 1. The number of rotatable bonds is 3. The van der Waals surface area contributed by atoms with Crippen molar-refractivity contribution in [2.24, 2.45) is 0 Å². The highest BCUT2D eigenvalue weighted by Gasteiger charge is 2.34. The lowest BCUT2D eigenvalue weighted by Crippen LogP contribution is -2.30. The highest BCUT2D eigenvalue weighted by atomic mass is 19.1. The molecule has 2 aromatic rings. The van der Waals surface area contributed by atoms with E-state index in [0.717, 1.165) is 5.56 Å². The van der Waals surface area contributed by atoms with Crippen LogP contribution in [0.3, 0.4) is 0 Å². The van der Waals surface area contributed by atoms with Gasteiger partial charge in [-0.3, -0.25) is 0 Å². The minimum absolute atomic E-state index is 0.242. The molecule has 0 saturated heterocycles. The summed E-state index contributed by atoms with van der Waals surface area (Å²) in [6, 6.07) is 5.46. The average molecular weight is 316 g/mol. The summed E-state index contributed by atoms with van der Waals surface area (Å²) in [5.41, 5.74) is 1.81. The number of nitrogens with zero attached hydrogens (tertiary/aromatic N) is 3. The number of allylic oxidation sites excluding steroid dienone is 1. The van der Waals surface area contributed by atoms with Crippen molar-refractivity contribution < 1.29 is 13.9 Å². The van der Waals surface area contributed by atoms with Gasteiger partial charge in [0.1, 0.15) is 18.2 Å². The number of esters is 1. The van der Waals surface area contributed by atoms with Gasteiger partial charge in [-0.2, -0.15) is 10.1 Å². The zero-order chi connectivity index (χ0) is 16.6. The molecule has 1 aliphatic heterocycles. The summed E-state index contributed by atoms with van der Waals surface area (Å²) >= 11 is 0. The molecule has 6 nitrogen and oxygen atoms in total. The fourth-order valence-corrected chi connectivity index (χ4v) is 2.59. The maximum absolute atomic E-state index is 13.2. The van der Waals surface area contributed by atoms with E-state index in [2.05, 4.69) is 15.4 Å². The van der Waals surface area contributed by atoms with Crippen molar-refractivity contribution in [3.05, 3.63) is 53.2 Å². The Balaban J connectivity index is 2.10. The van der Waals surface area contributed by atoms with E-state index < -0.39 is 12.0 Å². The maximum atomic E-state index is 13.2. The Bertz CT molecular complexity index is 765. The van der Waals surface area contributed by atoms with E-state index in [1.54, 1.807) is 37.6 Å². The Morgan fingerprint density at radius 1 is 1.35 bits per heavy atom. The fraction of sp³-hybridized carbons (Fsp3) is 0.312. The number of hydrogen-bond acceptors (Lipinski definition) is 5. The molecule has 0 spiro atoms. The molecule has 1 atom stereocenters. The molecule has 7 heteroatoms. The number of benzene rings is 1. The lowest BCUT2D eigenvalue weighted by atomic mass is 9.96. The number of aromatic nitrogens is 3. The molecule has 0 saturated carbocycles. The van der Waals surface area contributed by atoms with Crippen molar-refractivity contribution in [3.63, 3.8) is 0 Å². The summed E-state index contributed by atoms with van der Waals surface area (Å²) in [5.74, 6) is -0.244. The molecule has 0 fully saturated rings.